The lowest BCUT2D eigenvalue weighted by Gasteiger charge is -2.14. The van der Waals surface area contributed by atoms with Crippen molar-refractivity contribution in [3.8, 4) is 11.5 Å². The molecule has 0 saturated carbocycles. The molecule has 0 bridgehead atoms. The lowest BCUT2D eigenvalue weighted by atomic mass is 10.2. The number of hydrogen-bond acceptors (Lipinski definition) is 4. The molecule has 5 nitrogen and oxygen atoms in total. The van der Waals surface area contributed by atoms with Gasteiger partial charge in [0, 0.05) is 19.0 Å². The number of hydrogen-bond donors (Lipinski definition) is 1. The van der Waals surface area contributed by atoms with Gasteiger partial charge in [-0.2, -0.15) is 0 Å². The summed E-state index contributed by atoms with van der Waals surface area (Å²) in [4.78, 5) is 21.9. The Hall–Kier alpha value is -1.56. The van der Waals surface area contributed by atoms with E-state index in [-0.39, 0.29) is 5.91 Å². The number of rotatable bonds is 8. The van der Waals surface area contributed by atoms with Crippen molar-refractivity contribution < 1.29 is 19.1 Å². The average molecular weight is 344 g/mol. The number of carbonyl (C=O) groups excluding carboxylic acids is 2. The van der Waals surface area contributed by atoms with Crippen LogP contribution >= 0.6 is 15.9 Å². The van der Waals surface area contributed by atoms with Crippen molar-refractivity contribution in [2.75, 3.05) is 20.3 Å². The first-order valence-electron chi connectivity index (χ1n) is 6.37. The van der Waals surface area contributed by atoms with E-state index in [0.29, 0.717) is 47.6 Å². The Morgan fingerprint density at radius 1 is 1.40 bits per heavy atom. The molecule has 1 aromatic rings. The Bertz CT molecular complexity index is 476. The van der Waals surface area contributed by atoms with E-state index in [1.807, 2.05) is 6.92 Å². The van der Waals surface area contributed by atoms with Gasteiger partial charge in [-0.3, -0.25) is 9.59 Å². The van der Waals surface area contributed by atoms with Crippen LogP contribution in [0.5, 0.6) is 11.5 Å². The van der Waals surface area contributed by atoms with Crippen LogP contribution in [0.15, 0.2) is 16.6 Å². The number of nitrogens with one attached hydrogen (secondary N) is 1. The quantitative estimate of drug-likeness (QED) is 0.582. The van der Waals surface area contributed by atoms with Gasteiger partial charge in [-0.05, 0) is 41.4 Å². The topological polar surface area (TPSA) is 64.6 Å². The van der Waals surface area contributed by atoms with Gasteiger partial charge in [0.15, 0.2) is 11.5 Å². The Kier molecular flexibility index (Phi) is 7.08. The Labute approximate surface area is 126 Å². The van der Waals surface area contributed by atoms with E-state index in [0.717, 1.165) is 6.29 Å². The molecule has 1 rings (SSSR count). The fourth-order valence-corrected chi connectivity index (χ4v) is 2.17. The number of amides is 1. The molecular weight excluding hydrogens is 326 g/mol. The van der Waals surface area contributed by atoms with Crippen molar-refractivity contribution >= 4 is 28.1 Å². The summed E-state index contributed by atoms with van der Waals surface area (Å²) in [6.45, 7) is 2.73. The van der Waals surface area contributed by atoms with Gasteiger partial charge in [0.1, 0.15) is 6.29 Å². The molecule has 0 aromatic heterocycles. The molecule has 0 aliphatic rings. The predicted octanol–water partition coefficient (Wildman–Crippen LogP) is 2.57. The molecule has 0 spiro atoms. The van der Waals surface area contributed by atoms with Crippen LogP contribution in [0.25, 0.3) is 0 Å². The number of benzene rings is 1. The summed E-state index contributed by atoms with van der Waals surface area (Å²) in [7, 11) is 1.60. The Morgan fingerprint density at radius 3 is 2.75 bits per heavy atom. The minimum Gasteiger partial charge on any atom is -0.490 e. The first-order chi connectivity index (χ1) is 9.62. The smallest absolute Gasteiger partial charge is 0.219 e. The van der Waals surface area contributed by atoms with E-state index < -0.39 is 0 Å². The van der Waals surface area contributed by atoms with Gasteiger partial charge in [0.2, 0.25) is 5.91 Å². The monoisotopic (exact) mass is 343 g/mol. The van der Waals surface area contributed by atoms with Crippen LogP contribution in [0.2, 0.25) is 0 Å². The maximum Gasteiger partial charge on any atom is 0.219 e. The molecule has 1 aromatic carbocycles. The largest absolute Gasteiger partial charge is 0.490 e. The van der Waals surface area contributed by atoms with Crippen molar-refractivity contribution in [1.82, 2.24) is 5.32 Å². The second-order valence-corrected chi connectivity index (χ2v) is 4.86. The SMILES string of the molecule is CCOc1cc(C=O)cc(Br)c1OCCCC(=O)NC. The molecule has 0 atom stereocenters. The molecule has 1 amide bonds. The minimum atomic E-state index is -0.0194. The van der Waals surface area contributed by atoms with Gasteiger partial charge < -0.3 is 14.8 Å². The average Bonchev–Trinajstić information content (AvgIpc) is 2.45. The third-order valence-corrected chi connectivity index (χ3v) is 3.13. The lowest BCUT2D eigenvalue weighted by Crippen LogP contribution is -2.18. The van der Waals surface area contributed by atoms with Crippen molar-refractivity contribution in [3.05, 3.63) is 22.2 Å². The van der Waals surface area contributed by atoms with Crippen LogP contribution in [0.3, 0.4) is 0 Å². The van der Waals surface area contributed by atoms with Crippen LogP contribution in [-0.4, -0.2) is 32.5 Å². The van der Waals surface area contributed by atoms with Crippen molar-refractivity contribution in [3.63, 3.8) is 0 Å². The molecular formula is C14H18BrNO4. The summed E-state index contributed by atoms with van der Waals surface area (Å²) in [6, 6.07) is 3.30. The zero-order valence-electron chi connectivity index (χ0n) is 11.6. The van der Waals surface area contributed by atoms with Gasteiger partial charge >= 0.3 is 0 Å². The number of halogens is 1. The van der Waals surface area contributed by atoms with Gasteiger partial charge in [-0.15, -0.1) is 0 Å². The van der Waals surface area contributed by atoms with Crippen LogP contribution in [0, 0.1) is 0 Å². The van der Waals surface area contributed by atoms with Gasteiger partial charge in [0.05, 0.1) is 17.7 Å². The molecule has 0 aliphatic heterocycles. The second-order valence-electron chi connectivity index (χ2n) is 4.01. The lowest BCUT2D eigenvalue weighted by molar-refractivity contribution is -0.120. The molecule has 0 aliphatic carbocycles. The third kappa shape index (κ3) is 4.85. The summed E-state index contributed by atoms with van der Waals surface area (Å²) in [5.74, 6) is 1.05. The van der Waals surface area contributed by atoms with E-state index in [1.165, 1.54) is 0 Å². The van der Waals surface area contributed by atoms with Crippen LogP contribution in [0.1, 0.15) is 30.1 Å². The highest BCUT2D eigenvalue weighted by Crippen LogP contribution is 2.36. The minimum absolute atomic E-state index is 0.0194. The molecule has 110 valence electrons. The summed E-state index contributed by atoms with van der Waals surface area (Å²) >= 11 is 3.36. The molecule has 1 N–H and O–H groups in total. The van der Waals surface area contributed by atoms with E-state index in [9.17, 15) is 9.59 Å². The van der Waals surface area contributed by atoms with E-state index >= 15 is 0 Å². The summed E-state index contributed by atoms with van der Waals surface area (Å²) in [5.41, 5.74) is 0.512. The van der Waals surface area contributed by atoms with Crippen LogP contribution in [-0.2, 0) is 4.79 Å². The van der Waals surface area contributed by atoms with E-state index in [4.69, 9.17) is 9.47 Å². The zero-order valence-corrected chi connectivity index (χ0v) is 13.2. The zero-order chi connectivity index (χ0) is 15.0. The fourth-order valence-electron chi connectivity index (χ4n) is 1.59. The Balaban J connectivity index is 2.72. The molecule has 0 fully saturated rings. The van der Waals surface area contributed by atoms with Crippen LogP contribution < -0.4 is 14.8 Å². The number of ether oxygens (including phenoxy) is 2. The van der Waals surface area contributed by atoms with Gasteiger partial charge in [-0.1, -0.05) is 0 Å². The second kappa shape index (κ2) is 8.58. The standard InChI is InChI=1S/C14H18BrNO4/c1-3-19-12-8-10(9-17)7-11(15)14(12)20-6-4-5-13(18)16-2/h7-9H,3-6H2,1-2H3,(H,16,18). The summed E-state index contributed by atoms with van der Waals surface area (Å²) in [6.07, 6.45) is 1.76. The molecule has 0 unspecified atom stereocenters. The normalized spacial score (nSPS) is 9.95. The Morgan fingerprint density at radius 2 is 2.15 bits per heavy atom. The van der Waals surface area contributed by atoms with Crippen molar-refractivity contribution in [1.29, 1.82) is 0 Å². The number of aldehydes is 1. The molecule has 0 heterocycles. The first-order valence-corrected chi connectivity index (χ1v) is 7.16. The molecule has 20 heavy (non-hydrogen) atoms. The summed E-state index contributed by atoms with van der Waals surface area (Å²) < 4.78 is 11.8. The van der Waals surface area contributed by atoms with Gasteiger partial charge in [-0.25, -0.2) is 0 Å². The van der Waals surface area contributed by atoms with E-state index in [2.05, 4.69) is 21.2 Å². The highest BCUT2D eigenvalue weighted by atomic mass is 79.9. The summed E-state index contributed by atoms with van der Waals surface area (Å²) in [5, 5.41) is 2.55. The predicted molar refractivity (Wildman–Crippen MR) is 79.5 cm³/mol. The molecule has 0 saturated heterocycles. The highest BCUT2D eigenvalue weighted by molar-refractivity contribution is 9.10. The van der Waals surface area contributed by atoms with E-state index in [1.54, 1.807) is 19.2 Å². The maximum atomic E-state index is 11.1. The van der Waals surface area contributed by atoms with Crippen molar-refractivity contribution in [2.45, 2.75) is 19.8 Å². The van der Waals surface area contributed by atoms with Crippen LogP contribution in [0.4, 0.5) is 0 Å². The fraction of sp³-hybridized carbons (Fsp3) is 0.429. The van der Waals surface area contributed by atoms with Crippen molar-refractivity contribution in [2.24, 2.45) is 0 Å². The molecule has 0 radical (unpaired) electrons. The first kappa shape index (κ1) is 16.5. The number of carbonyl (C=O) groups is 2. The van der Waals surface area contributed by atoms with Gasteiger partial charge in [0.25, 0.3) is 0 Å². The highest BCUT2D eigenvalue weighted by Gasteiger charge is 2.12. The molecule has 6 heteroatoms. The maximum absolute atomic E-state index is 11.1. The third-order valence-electron chi connectivity index (χ3n) is 2.54.